The highest BCUT2D eigenvalue weighted by molar-refractivity contribution is 8.76. The minimum Gasteiger partial charge on any atom is -0.179 e. The maximum atomic E-state index is 4.34. The minimum absolute atomic E-state index is 0.765. The Balaban J connectivity index is 4.31. The number of thiol groups is 4. The van der Waals surface area contributed by atoms with Crippen molar-refractivity contribution >= 4 is 166 Å². The van der Waals surface area contributed by atoms with Crippen molar-refractivity contribution in [3.8, 4) is 0 Å². The first-order valence-electron chi connectivity index (χ1n) is 12.2. The Morgan fingerprint density at radius 1 is 0.333 bits per heavy atom. The quantitative estimate of drug-likeness (QED) is 0.0307. The largest absolute Gasteiger partial charge is 0.179 e. The fraction of sp³-hybridized carbons (Fsp3) is 1.00. The fourth-order valence-corrected chi connectivity index (χ4v) is 16.3. The van der Waals surface area contributed by atoms with Gasteiger partial charge in [0.2, 0.25) is 0 Å². The van der Waals surface area contributed by atoms with Crippen LogP contribution < -0.4 is 0 Å². The van der Waals surface area contributed by atoms with Crippen LogP contribution in [0.4, 0.5) is 0 Å². The van der Waals surface area contributed by atoms with Gasteiger partial charge < -0.3 is 0 Å². The van der Waals surface area contributed by atoms with Crippen LogP contribution in [0.1, 0.15) is 0 Å². The topological polar surface area (TPSA) is 0 Å². The predicted octanol–water partition coefficient (Wildman–Crippen LogP) is 8.69. The van der Waals surface area contributed by atoms with E-state index in [0.29, 0.717) is 0 Å². The molecule has 0 heterocycles. The lowest BCUT2D eigenvalue weighted by Gasteiger charge is -2.18. The molecule has 0 radical (unpaired) electrons. The van der Waals surface area contributed by atoms with Crippen LogP contribution in [0.25, 0.3) is 0 Å². The third-order valence-electron chi connectivity index (χ3n) is 4.05. The summed E-state index contributed by atoms with van der Waals surface area (Å²) in [6, 6.07) is 0. The summed E-state index contributed by atoms with van der Waals surface area (Å²) < 4.78 is 0. The molecule has 0 fully saturated rings. The number of thioether (sulfide) groups is 8. The van der Waals surface area contributed by atoms with Gasteiger partial charge in [-0.1, -0.05) is 21.6 Å². The van der Waals surface area contributed by atoms with Crippen molar-refractivity contribution in [1.82, 2.24) is 0 Å². The lowest BCUT2D eigenvalue weighted by atomic mass is 10.5. The summed E-state index contributed by atoms with van der Waals surface area (Å²) in [4.78, 5) is 0. The summed E-state index contributed by atoms with van der Waals surface area (Å²) in [7, 11) is 4.25. The van der Waals surface area contributed by atoms with Crippen LogP contribution in [0.15, 0.2) is 0 Å². The molecular weight excluding hydrogens is 713 g/mol. The molecule has 0 aliphatic heterocycles. The Bertz CT molecular complexity index is 371. The van der Waals surface area contributed by atoms with E-state index in [1.54, 1.807) is 0 Å². The molecule has 0 aromatic heterocycles. The molecule has 14 heteroatoms. The zero-order valence-electron chi connectivity index (χ0n) is 21.2. The van der Waals surface area contributed by atoms with Crippen molar-refractivity contribution in [1.29, 1.82) is 0 Å². The smallest absolute Gasteiger partial charge is 0.0237 e. The van der Waals surface area contributed by atoms with Gasteiger partial charge in [-0.3, -0.25) is 0 Å². The molecule has 0 spiro atoms. The minimum atomic E-state index is 0.765. The maximum absolute atomic E-state index is 4.34. The van der Waals surface area contributed by atoms with Gasteiger partial charge in [0.25, 0.3) is 0 Å². The maximum Gasteiger partial charge on any atom is 0.0237 e. The van der Waals surface area contributed by atoms with E-state index in [0.717, 1.165) is 33.5 Å². The molecular formula is C22H46S14. The summed E-state index contributed by atoms with van der Waals surface area (Å²) in [5.41, 5.74) is 0. The molecule has 0 rings (SSSR count). The van der Waals surface area contributed by atoms with E-state index in [2.05, 4.69) is 119 Å². The highest BCUT2D eigenvalue weighted by atomic mass is 33.1. The van der Waals surface area contributed by atoms with Crippen molar-refractivity contribution < 1.29 is 0 Å². The Morgan fingerprint density at radius 3 is 0.972 bits per heavy atom. The molecule has 0 aliphatic rings. The van der Waals surface area contributed by atoms with Crippen LogP contribution in [-0.2, 0) is 0 Å². The van der Waals surface area contributed by atoms with Crippen molar-refractivity contribution in [2.24, 2.45) is 0 Å². The van der Waals surface area contributed by atoms with Gasteiger partial charge in [0.15, 0.2) is 0 Å². The van der Waals surface area contributed by atoms with Gasteiger partial charge in [-0.2, -0.15) is 145 Å². The van der Waals surface area contributed by atoms with Crippen molar-refractivity contribution in [3.05, 3.63) is 0 Å². The Hall–Kier alpha value is 4.90. The molecule has 0 aliphatic carbocycles. The Labute approximate surface area is 288 Å². The molecule has 0 amide bonds. The molecule has 0 aromatic rings. The monoisotopic (exact) mass is 758 g/mol. The normalized spacial score (nSPS) is 13.3. The van der Waals surface area contributed by atoms with Crippen LogP contribution in [0.3, 0.4) is 0 Å². The second kappa shape index (κ2) is 36.1. The van der Waals surface area contributed by atoms with Gasteiger partial charge in [-0.25, -0.2) is 0 Å². The molecule has 0 N–H and O–H groups in total. The Morgan fingerprint density at radius 2 is 0.639 bits per heavy atom. The van der Waals surface area contributed by atoms with Crippen molar-refractivity contribution in [2.45, 2.75) is 10.5 Å². The van der Waals surface area contributed by atoms with E-state index >= 15 is 0 Å². The molecule has 218 valence electrons. The van der Waals surface area contributed by atoms with Crippen LogP contribution in [-0.4, -0.2) is 126 Å². The van der Waals surface area contributed by atoms with E-state index in [1.807, 2.05) is 47.0 Å². The lowest BCUT2D eigenvalue weighted by Crippen LogP contribution is -2.14. The van der Waals surface area contributed by atoms with E-state index < -0.39 is 0 Å². The van der Waals surface area contributed by atoms with Crippen LogP contribution in [0.5, 0.6) is 0 Å². The average molecular weight is 760 g/mol. The molecule has 0 saturated carbocycles. The standard InChI is InChI=1S/C22H46S14/c23-1-5-27-9-11-31-17-21(33-15-13-29-7-3-25)19-35-36-20-22(34-16-14-30-8-4-26)18-32-12-10-28-6-2-24/h21-26H,1-20H2. The zero-order valence-corrected chi connectivity index (χ0v) is 32.9. The molecule has 0 saturated heterocycles. The summed E-state index contributed by atoms with van der Waals surface area (Å²) in [6.07, 6.45) is 0. The van der Waals surface area contributed by atoms with Crippen molar-refractivity contribution in [3.63, 3.8) is 0 Å². The van der Waals surface area contributed by atoms with Crippen LogP contribution in [0.2, 0.25) is 0 Å². The van der Waals surface area contributed by atoms with Crippen LogP contribution in [0, 0.1) is 0 Å². The highest BCUT2D eigenvalue weighted by Crippen LogP contribution is 2.32. The van der Waals surface area contributed by atoms with Crippen molar-refractivity contribution in [2.75, 3.05) is 115 Å². The fourth-order valence-electron chi connectivity index (χ4n) is 2.42. The van der Waals surface area contributed by atoms with E-state index in [-0.39, 0.29) is 0 Å². The van der Waals surface area contributed by atoms with E-state index in [9.17, 15) is 0 Å². The van der Waals surface area contributed by atoms with Gasteiger partial charge in [0, 0.05) is 103 Å². The highest BCUT2D eigenvalue weighted by Gasteiger charge is 2.14. The second-order valence-electron chi connectivity index (χ2n) is 7.05. The first-order valence-corrected chi connectivity index (χ1v) is 26.2. The van der Waals surface area contributed by atoms with Gasteiger partial charge in [0.05, 0.1) is 0 Å². The summed E-state index contributed by atoms with van der Waals surface area (Å²) in [6.45, 7) is 0. The molecule has 0 bridgehead atoms. The van der Waals surface area contributed by atoms with E-state index in [4.69, 9.17) is 0 Å². The third-order valence-corrected chi connectivity index (χ3v) is 19.3. The Kier molecular flexibility index (Phi) is 41.0. The SMILES string of the molecule is SCCSCCSCC(CSSCC(CSCCSCCS)SCCSCCS)SCCSCCS. The van der Waals surface area contributed by atoms with Gasteiger partial charge in [-0.05, 0) is 23.0 Å². The molecule has 2 unspecified atom stereocenters. The summed E-state index contributed by atoms with van der Waals surface area (Å²) in [5.74, 6) is 23.9. The number of hydrogen-bond donors (Lipinski definition) is 4. The zero-order chi connectivity index (χ0) is 26.4. The van der Waals surface area contributed by atoms with Gasteiger partial charge >= 0.3 is 0 Å². The molecule has 0 aromatic carbocycles. The molecule has 0 nitrogen and oxygen atoms in total. The first-order chi connectivity index (χ1) is 17.8. The van der Waals surface area contributed by atoms with Gasteiger partial charge in [0.1, 0.15) is 0 Å². The molecule has 36 heavy (non-hydrogen) atoms. The second-order valence-corrected chi connectivity index (χ2v) is 21.4. The van der Waals surface area contributed by atoms with E-state index in [1.165, 1.54) is 92.0 Å². The lowest BCUT2D eigenvalue weighted by molar-refractivity contribution is 1.14. The average Bonchev–Trinajstić information content (AvgIpc) is 2.89. The first kappa shape index (κ1) is 40.9. The number of hydrogen-bond acceptors (Lipinski definition) is 14. The summed E-state index contributed by atoms with van der Waals surface area (Å²) in [5, 5.41) is 1.53. The predicted molar refractivity (Wildman–Crippen MR) is 217 cm³/mol. The van der Waals surface area contributed by atoms with Crippen LogP contribution >= 0.6 is 166 Å². The summed E-state index contributed by atoms with van der Waals surface area (Å²) >= 11 is 34.2. The van der Waals surface area contributed by atoms with Gasteiger partial charge in [-0.15, -0.1) is 0 Å². The third kappa shape index (κ3) is 31.8. The molecule has 2 atom stereocenters. The number of rotatable bonds is 31.